The van der Waals surface area contributed by atoms with Crippen molar-refractivity contribution in [1.29, 1.82) is 0 Å². The van der Waals surface area contributed by atoms with Crippen LogP contribution in [0.3, 0.4) is 0 Å². The van der Waals surface area contributed by atoms with E-state index in [4.69, 9.17) is 9.15 Å². The zero-order chi connectivity index (χ0) is 12.4. The van der Waals surface area contributed by atoms with Gasteiger partial charge in [-0.3, -0.25) is 4.68 Å². The first-order valence-electron chi connectivity index (χ1n) is 5.24. The van der Waals surface area contributed by atoms with E-state index in [1.54, 1.807) is 24.9 Å². The molecule has 2 aromatic rings. The number of rotatable bonds is 3. The molecular weight excluding hydrogens is 222 g/mol. The normalized spacial score (nSPS) is 10.5. The third-order valence-electron chi connectivity index (χ3n) is 2.37. The maximum Gasteiger partial charge on any atom is 0.361 e. The first kappa shape index (κ1) is 11.4. The standard InChI is InChI=1S/C11H13N3O3/c1-4-16-11(15)8-10(17-6-12-8)9-7(2)5-13-14(9)3/h5-6H,4H2,1-3H3. The highest BCUT2D eigenvalue weighted by Gasteiger charge is 2.22. The zero-order valence-electron chi connectivity index (χ0n) is 9.93. The number of carbonyl (C=O) groups excluding carboxylic acids is 1. The molecule has 6 nitrogen and oxygen atoms in total. The highest BCUT2D eigenvalue weighted by Crippen LogP contribution is 2.26. The summed E-state index contributed by atoms with van der Waals surface area (Å²) in [6.45, 7) is 3.93. The van der Waals surface area contributed by atoms with E-state index in [0.717, 1.165) is 11.3 Å². The highest BCUT2D eigenvalue weighted by molar-refractivity contribution is 5.93. The Kier molecular flexibility index (Phi) is 2.95. The summed E-state index contributed by atoms with van der Waals surface area (Å²) in [5.74, 6) is -0.0993. The van der Waals surface area contributed by atoms with Gasteiger partial charge in [0.15, 0.2) is 17.8 Å². The summed E-state index contributed by atoms with van der Waals surface area (Å²) < 4.78 is 11.8. The molecule has 0 saturated carbocycles. The lowest BCUT2D eigenvalue weighted by molar-refractivity contribution is 0.0520. The van der Waals surface area contributed by atoms with Gasteiger partial charge in [-0.15, -0.1) is 0 Å². The molecule has 0 unspecified atom stereocenters. The maximum absolute atomic E-state index is 11.7. The van der Waals surface area contributed by atoms with Crippen LogP contribution in [-0.4, -0.2) is 27.3 Å². The van der Waals surface area contributed by atoms with Crippen LogP contribution < -0.4 is 0 Å². The van der Waals surface area contributed by atoms with Crippen molar-refractivity contribution >= 4 is 5.97 Å². The third kappa shape index (κ3) is 1.93. The number of ether oxygens (including phenoxy) is 1. The number of carbonyl (C=O) groups is 1. The van der Waals surface area contributed by atoms with Gasteiger partial charge in [0.2, 0.25) is 0 Å². The van der Waals surface area contributed by atoms with Crippen molar-refractivity contribution in [2.24, 2.45) is 7.05 Å². The minimum atomic E-state index is -0.489. The van der Waals surface area contributed by atoms with E-state index in [1.807, 2.05) is 6.92 Å². The summed E-state index contributed by atoms with van der Waals surface area (Å²) >= 11 is 0. The second kappa shape index (κ2) is 4.40. The van der Waals surface area contributed by atoms with Crippen LogP contribution in [0.2, 0.25) is 0 Å². The van der Waals surface area contributed by atoms with Gasteiger partial charge in [0.1, 0.15) is 5.69 Å². The molecule has 90 valence electrons. The quantitative estimate of drug-likeness (QED) is 0.755. The predicted octanol–water partition coefficient (Wildman–Crippen LogP) is 1.56. The van der Waals surface area contributed by atoms with E-state index in [9.17, 15) is 4.79 Å². The number of hydrogen-bond donors (Lipinski definition) is 0. The largest absolute Gasteiger partial charge is 0.461 e. The predicted molar refractivity (Wildman–Crippen MR) is 59.4 cm³/mol. The van der Waals surface area contributed by atoms with Crippen LogP contribution in [0.25, 0.3) is 11.5 Å². The molecule has 0 aromatic carbocycles. The summed E-state index contributed by atoms with van der Waals surface area (Å²) in [6.07, 6.45) is 2.93. The van der Waals surface area contributed by atoms with Gasteiger partial charge in [0.05, 0.1) is 12.8 Å². The van der Waals surface area contributed by atoms with Crippen LogP contribution >= 0.6 is 0 Å². The van der Waals surface area contributed by atoms with Crippen molar-refractivity contribution in [2.45, 2.75) is 13.8 Å². The Morgan fingerprint density at radius 1 is 1.59 bits per heavy atom. The molecule has 0 bridgehead atoms. The van der Waals surface area contributed by atoms with Crippen molar-refractivity contribution < 1.29 is 13.9 Å². The van der Waals surface area contributed by atoms with Crippen molar-refractivity contribution in [1.82, 2.24) is 14.8 Å². The molecule has 2 rings (SSSR count). The lowest BCUT2D eigenvalue weighted by atomic mass is 10.2. The lowest BCUT2D eigenvalue weighted by Gasteiger charge is -2.02. The number of hydrogen-bond acceptors (Lipinski definition) is 5. The Hall–Kier alpha value is -2.11. The first-order chi connectivity index (χ1) is 8.15. The smallest absolute Gasteiger partial charge is 0.361 e. The second-order valence-corrected chi connectivity index (χ2v) is 3.55. The Balaban J connectivity index is 2.47. The third-order valence-corrected chi connectivity index (χ3v) is 2.37. The van der Waals surface area contributed by atoms with Crippen LogP contribution in [0.15, 0.2) is 17.0 Å². The SMILES string of the molecule is CCOC(=O)c1ncoc1-c1c(C)cnn1C. The van der Waals surface area contributed by atoms with E-state index >= 15 is 0 Å². The van der Waals surface area contributed by atoms with Gasteiger partial charge in [-0.05, 0) is 19.4 Å². The topological polar surface area (TPSA) is 70.2 Å². The number of oxazole rings is 1. The summed E-state index contributed by atoms with van der Waals surface area (Å²) in [6, 6.07) is 0. The number of aryl methyl sites for hydroxylation is 2. The minimum Gasteiger partial charge on any atom is -0.461 e. The monoisotopic (exact) mass is 235 g/mol. The fraction of sp³-hybridized carbons (Fsp3) is 0.364. The van der Waals surface area contributed by atoms with Crippen molar-refractivity contribution in [3.63, 3.8) is 0 Å². The Labute approximate surface area is 98.2 Å². The molecular formula is C11H13N3O3. The highest BCUT2D eigenvalue weighted by atomic mass is 16.5. The fourth-order valence-corrected chi connectivity index (χ4v) is 1.63. The average molecular weight is 235 g/mol. The van der Waals surface area contributed by atoms with E-state index in [-0.39, 0.29) is 5.69 Å². The Morgan fingerprint density at radius 3 is 2.94 bits per heavy atom. The van der Waals surface area contributed by atoms with Crippen LogP contribution in [0, 0.1) is 6.92 Å². The van der Waals surface area contributed by atoms with Gasteiger partial charge >= 0.3 is 5.97 Å². The van der Waals surface area contributed by atoms with Crippen LogP contribution in [0.5, 0.6) is 0 Å². The number of esters is 1. The number of nitrogens with zero attached hydrogens (tertiary/aromatic N) is 3. The van der Waals surface area contributed by atoms with Gasteiger partial charge in [0.25, 0.3) is 0 Å². The summed E-state index contributed by atoms with van der Waals surface area (Å²) in [4.78, 5) is 15.6. The molecule has 0 N–H and O–H groups in total. The number of aromatic nitrogens is 3. The van der Waals surface area contributed by atoms with E-state index in [1.165, 1.54) is 6.39 Å². The molecule has 0 spiro atoms. The molecule has 0 saturated heterocycles. The Morgan fingerprint density at radius 2 is 2.35 bits per heavy atom. The Bertz CT molecular complexity index is 522. The minimum absolute atomic E-state index is 0.179. The lowest BCUT2D eigenvalue weighted by Crippen LogP contribution is -2.07. The van der Waals surface area contributed by atoms with Gasteiger partial charge in [-0.1, -0.05) is 0 Å². The molecule has 0 amide bonds. The summed E-state index contributed by atoms with van der Waals surface area (Å²) in [5.41, 5.74) is 1.82. The molecule has 6 heteroatoms. The average Bonchev–Trinajstić information content (AvgIpc) is 2.86. The van der Waals surface area contributed by atoms with Gasteiger partial charge < -0.3 is 9.15 Å². The molecule has 0 aliphatic heterocycles. The maximum atomic E-state index is 11.7. The molecule has 0 fully saturated rings. The molecule has 0 aliphatic carbocycles. The van der Waals surface area contributed by atoms with Crippen molar-refractivity contribution in [3.8, 4) is 11.5 Å². The van der Waals surface area contributed by atoms with Gasteiger partial charge in [-0.25, -0.2) is 9.78 Å². The van der Waals surface area contributed by atoms with E-state index in [2.05, 4.69) is 10.1 Å². The van der Waals surface area contributed by atoms with Gasteiger partial charge in [-0.2, -0.15) is 5.10 Å². The molecule has 0 aliphatic rings. The van der Waals surface area contributed by atoms with Crippen LogP contribution in [0.1, 0.15) is 23.0 Å². The molecule has 2 aromatic heterocycles. The second-order valence-electron chi connectivity index (χ2n) is 3.55. The summed E-state index contributed by atoms with van der Waals surface area (Å²) in [7, 11) is 1.78. The molecule has 0 radical (unpaired) electrons. The molecule has 2 heterocycles. The van der Waals surface area contributed by atoms with Gasteiger partial charge in [0, 0.05) is 7.05 Å². The van der Waals surface area contributed by atoms with Crippen molar-refractivity contribution in [2.75, 3.05) is 6.61 Å². The summed E-state index contributed by atoms with van der Waals surface area (Å²) in [5, 5.41) is 4.10. The van der Waals surface area contributed by atoms with Crippen LogP contribution in [0.4, 0.5) is 0 Å². The first-order valence-corrected chi connectivity index (χ1v) is 5.24. The zero-order valence-corrected chi connectivity index (χ0v) is 9.93. The molecule has 0 atom stereocenters. The van der Waals surface area contributed by atoms with E-state index in [0.29, 0.717) is 12.4 Å². The van der Waals surface area contributed by atoms with Crippen molar-refractivity contribution in [3.05, 3.63) is 23.8 Å². The van der Waals surface area contributed by atoms with E-state index < -0.39 is 5.97 Å². The molecule has 17 heavy (non-hydrogen) atoms. The van der Waals surface area contributed by atoms with Crippen LogP contribution in [-0.2, 0) is 11.8 Å². The fourth-order valence-electron chi connectivity index (χ4n) is 1.63.